The molecule has 7 nitrogen and oxygen atoms in total. The second-order valence-corrected chi connectivity index (χ2v) is 8.73. The molecule has 0 aliphatic carbocycles. The Morgan fingerprint density at radius 1 is 1.10 bits per heavy atom. The molecule has 0 amide bonds. The van der Waals surface area contributed by atoms with Crippen LogP contribution in [-0.4, -0.2) is 36.6 Å². The van der Waals surface area contributed by atoms with E-state index in [1.807, 2.05) is 42.5 Å². The molecule has 0 bridgehead atoms. The number of aliphatic imine (C=N–C) groups is 1. The van der Waals surface area contributed by atoms with Crippen molar-refractivity contribution in [2.24, 2.45) is 4.99 Å². The topological polar surface area (TPSA) is 92.9 Å². The Bertz CT molecular complexity index is 1250. The Morgan fingerprint density at radius 2 is 1.86 bits per heavy atom. The summed E-state index contributed by atoms with van der Waals surface area (Å²) in [4.78, 5) is 14.9. The lowest BCUT2D eigenvalue weighted by atomic mass is 10.0. The van der Waals surface area contributed by atoms with Gasteiger partial charge in [0.2, 0.25) is 0 Å². The van der Waals surface area contributed by atoms with Crippen LogP contribution < -0.4 is 0 Å². The van der Waals surface area contributed by atoms with Crippen LogP contribution in [0.1, 0.15) is 11.1 Å². The fourth-order valence-electron chi connectivity index (χ4n) is 3.60. The maximum Gasteiger partial charge on any atom is 0.270 e. The van der Waals surface area contributed by atoms with E-state index in [0.717, 1.165) is 22.4 Å². The van der Waals surface area contributed by atoms with Gasteiger partial charge in [0.15, 0.2) is 0 Å². The average Bonchev–Trinajstić information content (AvgIpc) is 3.17. The minimum Gasteiger partial charge on any atom is -0.269 e. The summed E-state index contributed by atoms with van der Waals surface area (Å²) in [6.45, 7) is 2.23. The molecule has 29 heavy (non-hydrogen) atoms. The second kappa shape index (κ2) is 7.29. The van der Waals surface area contributed by atoms with Crippen LogP contribution in [0.2, 0.25) is 0 Å². The maximum absolute atomic E-state index is 13.3. The summed E-state index contributed by atoms with van der Waals surface area (Å²) in [5, 5.41) is 13.2. The quantitative estimate of drug-likeness (QED) is 0.474. The van der Waals surface area contributed by atoms with Gasteiger partial charge in [0.05, 0.1) is 22.9 Å². The molecule has 1 aliphatic rings. The highest BCUT2D eigenvalue weighted by Gasteiger charge is 2.32. The fourth-order valence-corrected chi connectivity index (χ4v) is 5.30. The van der Waals surface area contributed by atoms with E-state index in [1.165, 1.54) is 16.4 Å². The molecule has 8 heteroatoms. The van der Waals surface area contributed by atoms with E-state index < -0.39 is 14.9 Å². The lowest BCUT2D eigenvalue weighted by Gasteiger charge is -2.22. The fraction of sp³-hybridized carbons (Fsp3) is 0.190. The van der Waals surface area contributed by atoms with E-state index in [2.05, 4.69) is 4.99 Å². The first-order valence-electron chi connectivity index (χ1n) is 9.15. The first-order valence-corrected chi connectivity index (χ1v) is 10.6. The maximum atomic E-state index is 13.3. The molecule has 3 aromatic rings. The minimum atomic E-state index is -3.95. The van der Waals surface area contributed by atoms with Crippen molar-refractivity contribution in [2.75, 3.05) is 13.1 Å². The van der Waals surface area contributed by atoms with Gasteiger partial charge in [0.25, 0.3) is 15.7 Å². The molecule has 1 heterocycles. The molecule has 0 radical (unpaired) electrons. The third-order valence-corrected chi connectivity index (χ3v) is 7.03. The van der Waals surface area contributed by atoms with Gasteiger partial charge in [0.1, 0.15) is 5.84 Å². The van der Waals surface area contributed by atoms with Crippen LogP contribution in [-0.2, 0) is 16.4 Å². The molecule has 0 saturated carbocycles. The Kier molecular flexibility index (Phi) is 4.79. The Hall–Kier alpha value is -3.26. The van der Waals surface area contributed by atoms with Crippen LogP contribution in [0.25, 0.3) is 10.8 Å². The van der Waals surface area contributed by atoms with Gasteiger partial charge in [-0.3, -0.25) is 19.4 Å². The van der Waals surface area contributed by atoms with Gasteiger partial charge in [-0.1, -0.05) is 48.5 Å². The monoisotopic (exact) mass is 409 g/mol. The Balaban J connectivity index is 1.71. The largest absolute Gasteiger partial charge is 0.270 e. The van der Waals surface area contributed by atoms with Gasteiger partial charge in [-0.15, -0.1) is 0 Å². The van der Waals surface area contributed by atoms with Crippen molar-refractivity contribution < 1.29 is 13.3 Å². The van der Waals surface area contributed by atoms with Crippen LogP contribution in [0.3, 0.4) is 0 Å². The molecular formula is C21H19N3O4S. The van der Waals surface area contributed by atoms with E-state index >= 15 is 0 Å². The number of amidine groups is 1. The zero-order valence-corrected chi connectivity index (χ0v) is 16.6. The molecule has 0 spiro atoms. The molecule has 0 saturated heterocycles. The summed E-state index contributed by atoms with van der Waals surface area (Å²) in [6.07, 6.45) is 0.370. The standard InChI is InChI=1S/C21H19N3O4S/c1-15-9-10-18(24(25)26)14-20(15)29(27,28)23-12-11-22-21(23)13-17-7-4-6-16-5-2-3-8-19(16)17/h2-10,14H,11-13H2,1H3. The zero-order chi connectivity index (χ0) is 20.6. The highest BCUT2D eigenvalue weighted by molar-refractivity contribution is 7.89. The van der Waals surface area contributed by atoms with E-state index in [4.69, 9.17) is 0 Å². The number of non-ortho nitro benzene ring substituents is 1. The second-order valence-electron chi connectivity index (χ2n) is 6.90. The van der Waals surface area contributed by atoms with Crippen LogP contribution in [0.15, 0.2) is 70.6 Å². The van der Waals surface area contributed by atoms with Gasteiger partial charge in [-0.05, 0) is 28.8 Å². The van der Waals surface area contributed by atoms with Crippen molar-refractivity contribution in [2.45, 2.75) is 18.2 Å². The van der Waals surface area contributed by atoms with Crippen molar-refractivity contribution in [3.05, 3.63) is 81.9 Å². The molecule has 148 valence electrons. The van der Waals surface area contributed by atoms with Crippen molar-refractivity contribution >= 4 is 32.3 Å². The number of rotatable bonds is 5. The first-order chi connectivity index (χ1) is 13.9. The predicted octanol–water partition coefficient (Wildman–Crippen LogP) is 3.70. The number of nitro groups is 1. The van der Waals surface area contributed by atoms with E-state index in [9.17, 15) is 18.5 Å². The molecule has 0 fully saturated rings. The summed E-state index contributed by atoms with van der Waals surface area (Å²) in [5.41, 5.74) is 1.20. The third-order valence-electron chi connectivity index (χ3n) is 5.06. The Labute approximate surface area is 168 Å². The lowest BCUT2D eigenvalue weighted by molar-refractivity contribution is -0.385. The summed E-state index contributed by atoms with van der Waals surface area (Å²) >= 11 is 0. The van der Waals surface area contributed by atoms with Crippen LogP contribution >= 0.6 is 0 Å². The van der Waals surface area contributed by atoms with Gasteiger partial charge in [-0.25, -0.2) is 8.42 Å². The number of nitrogens with zero attached hydrogens (tertiary/aromatic N) is 3. The van der Waals surface area contributed by atoms with Crippen LogP contribution in [0.4, 0.5) is 5.69 Å². The summed E-state index contributed by atoms with van der Waals surface area (Å²) < 4.78 is 27.9. The number of hydrogen-bond acceptors (Lipinski definition) is 5. The Morgan fingerprint density at radius 3 is 2.66 bits per heavy atom. The molecular weight excluding hydrogens is 390 g/mol. The number of benzene rings is 3. The molecule has 4 rings (SSSR count). The average molecular weight is 409 g/mol. The first kappa shape index (κ1) is 19.1. The predicted molar refractivity (Wildman–Crippen MR) is 112 cm³/mol. The number of hydrogen-bond donors (Lipinski definition) is 0. The van der Waals surface area contributed by atoms with Gasteiger partial charge in [-0.2, -0.15) is 0 Å². The van der Waals surface area contributed by atoms with Crippen molar-refractivity contribution in [1.82, 2.24) is 4.31 Å². The van der Waals surface area contributed by atoms with E-state index in [1.54, 1.807) is 6.92 Å². The third kappa shape index (κ3) is 3.47. The number of aryl methyl sites for hydroxylation is 1. The van der Waals surface area contributed by atoms with Crippen molar-refractivity contribution in [3.63, 3.8) is 0 Å². The highest BCUT2D eigenvalue weighted by atomic mass is 32.2. The summed E-state index contributed by atoms with van der Waals surface area (Å²) in [7, 11) is -3.95. The summed E-state index contributed by atoms with van der Waals surface area (Å²) in [5.74, 6) is 0.451. The molecule has 0 aromatic heterocycles. The molecule has 1 aliphatic heterocycles. The molecule has 0 atom stereocenters. The van der Waals surface area contributed by atoms with Gasteiger partial charge >= 0.3 is 0 Å². The lowest BCUT2D eigenvalue weighted by Crippen LogP contribution is -2.35. The smallest absolute Gasteiger partial charge is 0.269 e. The van der Waals surface area contributed by atoms with Crippen LogP contribution in [0, 0.1) is 17.0 Å². The van der Waals surface area contributed by atoms with Crippen molar-refractivity contribution in [1.29, 1.82) is 0 Å². The van der Waals surface area contributed by atoms with Gasteiger partial charge < -0.3 is 0 Å². The SMILES string of the molecule is Cc1ccc([N+](=O)[O-])cc1S(=O)(=O)N1CCN=C1Cc1cccc2ccccc12. The molecule has 0 unspecified atom stereocenters. The van der Waals surface area contributed by atoms with E-state index in [-0.39, 0.29) is 17.1 Å². The van der Waals surface area contributed by atoms with Crippen LogP contribution in [0.5, 0.6) is 0 Å². The summed E-state index contributed by atoms with van der Waals surface area (Å²) in [6, 6.07) is 17.7. The van der Waals surface area contributed by atoms with Gasteiger partial charge in [0, 0.05) is 18.6 Å². The number of sulfonamides is 1. The zero-order valence-electron chi connectivity index (χ0n) is 15.8. The molecule has 0 N–H and O–H groups in total. The normalized spacial score (nSPS) is 14.2. The number of fused-ring (bicyclic) bond motifs is 1. The number of nitro benzene ring substituents is 1. The highest BCUT2D eigenvalue weighted by Crippen LogP contribution is 2.28. The molecule has 3 aromatic carbocycles. The van der Waals surface area contributed by atoms with Crippen molar-refractivity contribution in [3.8, 4) is 0 Å². The van der Waals surface area contributed by atoms with E-state index in [0.29, 0.717) is 24.4 Å². The minimum absolute atomic E-state index is 0.0563.